The highest BCUT2D eigenvalue weighted by Gasteiger charge is 2.22. The molecular weight excluding hydrogens is 208 g/mol. The molecule has 0 saturated heterocycles. The molecule has 0 saturated carbocycles. The van der Waals surface area contributed by atoms with Gasteiger partial charge in [-0.05, 0) is 27.4 Å². The van der Waals surface area contributed by atoms with Crippen molar-refractivity contribution in [2.75, 3.05) is 0 Å². The highest BCUT2D eigenvalue weighted by atomic mass is 28.3. The highest BCUT2D eigenvalue weighted by molar-refractivity contribution is 6.58. The van der Waals surface area contributed by atoms with E-state index < -0.39 is 0 Å². The summed E-state index contributed by atoms with van der Waals surface area (Å²) < 4.78 is 0. The summed E-state index contributed by atoms with van der Waals surface area (Å²) in [6, 6.07) is 13.3. The molecule has 79 valence electrons. The Balaban J connectivity index is 2.27. The topological polar surface area (TPSA) is 0 Å². The van der Waals surface area contributed by atoms with Gasteiger partial charge in [-0.2, -0.15) is 0 Å². The van der Waals surface area contributed by atoms with Gasteiger partial charge in [0.05, 0.1) is 8.80 Å². The summed E-state index contributed by atoms with van der Waals surface area (Å²) in [6.07, 6.45) is 4.71. The average Bonchev–Trinajstić information content (AvgIpc) is 2.73. The van der Waals surface area contributed by atoms with Gasteiger partial charge in [0.25, 0.3) is 0 Å². The Morgan fingerprint density at radius 2 is 1.81 bits per heavy atom. The Hall–Kier alpha value is -1.34. The predicted octanol–water partition coefficient (Wildman–Crippen LogP) is 4.24. The molecule has 2 aromatic rings. The molecule has 0 N–H and O–H groups in total. The van der Waals surface area contributed by atoms with E-state index in [1.165, 1.54) is 21.9 Å². The summed E-state index contributed by atoms with van der Waals surface area (Å²) in [5.41, 5.74) is 3.69. The minimum Gasteiger partial charge on any atom is -0.0794 e. The Bertz CT molecular complexity index is 567. The molecule has 1 unspecified atom stereocenters. The number of allylic oxidation sites excluding steroid dienone is 1. The Morgan fingerprint density at radius 1 is 1.00 bits per heavy atom. The van der Waals surface area contributed by atoms with E-state index in [0.717, 1.165) is 0 Å². The summed E-state index contributed by atoms with van der Waals surface area (Å²) in [6.45, 7) is 4.79. The maximum atomic E-state index is 2.39. The molecule has 1 heteroatoms. The highest BCUT2D eigenvalue weighted by Crippen LogP contribution is 2.36. The summed E-state index contributed by atoms with van der Waals surface area (Å²) in [5, 5.41) is 2.76. The van der Waals surface area contributed by atoms with E-state index in [1.807, 2.05) is 0 Å². The van der Waals surface area contributed by atoms with Crippen LogP contribution in [0.25, 0.3) is 16.8 Å². The van der Waals surface area contributed by atoms with E-state index in [0.29, 0.717) is 5.54 Å². The number of benzene rings is 2. The lowest BCUT2D eigenvalue weighted by Crippen LogP contribution is -2.12. The first-order valence-electron chi connectivity index (χ1n) is 5.77. The largest absolute Gasteiger partial charge is 0.0794 e. The minimum absolute atomic E-state index is 0.279. The van der Waals surface area contributed by atoms with Crippen molar-refractivity contribution >= 4 is 25.6 Å². The summed E-state index contributed by atoms with van der Waals surface area (Å²) in [4.78, 5) is 0. The lowest BCUT2D eigenvalue weighted by molar-refractivity contribution is 1.21. The van der Waals surface area contributed by atoms with Crippen LogP contribution in [-0.4, -0.2) is 8.80 Å². The lowest BCUT2D eigenvalue weighted by atomic mass is 10.0. The molecule has 1 radical (unpaired) electrons. The molecule has 0 bridgehead atoms. The third kappa shape index (κ3) is 1.35. The first-order chi connectivity index (χ1) is 7.77. The van der Waals surface area contributed by atoms with E-state index in [2.05, 4.69) is 61.6 Å². The van der Waals surface area contributed by atoms with Crippen molar-refractivity contribution in [3.63, 3.8) is 0 Å². The van der Waals surface area contributed by atoms with E-state index in [-0.39, 0.29) is 8.80 Å². The Kier molecular flexibility index (Phi) is 2.22. The molecular formula is C15H15Si. The average molecular weight is 223 g/mol. The summed E-state index contributed by atoms with van der Waals surface area (Å²) >= 11 is 0. The fourth-order valence-corrected chi connectivity index (χ4v) is 3.92. The zero-order valence-electron chi connectivity index (χ0n) is 9.70. The first kappa shape index (κ1) is 9.85. The maximum absolute atomic E-state index is 2.39. The molecule has 0 spiro atoms. The van der Waals surface area contributed by atoms with Gasteiger partial charge in [0, 0.05) is 0 Å². The zero-order valence-corrected chi connectivity index (χ0v) is 10.7. The van der Waals surface area contributed by atoms with Crippen LogP contribution >= 0.6 is 0 Å². The van der Waals surface area contributed by atoms with Crippen molar-refractivity contribution in [3.05, 3.63) is 53.6 Å². The van der Waals surface area contributed by atoms with Crippen LogP contribution in [0.1, 0.15) is 16.7 Å². The molecule has 1 aliphatic rings. The quantitative estimate of drug-likeness (QED) is 0.634. The van der Waals surface area contributed by atoms with Gasteiger partial charge in [-0.3, -0.25) is 0 Å². The Morgan fingerprint density at radius 3 is 2.62 bits per heavy atom. The minimum atomic E-state index is -0.279. The van der Waals surface area contributed by atoms with Crippen LogP contribution in [0.4, 0.5) is 0 Å². The van der Waals surface area contributed by atoms with Crippen LogP contribution in [0, 0.1) is 0 Å². The smallest absolute Gasteiger partial charge is 0.0548 e. The van der Waals surface area contributed by atoms with Crippen molar-refractivity contribution in [1.29, 1.82) is 0 Å². The van der Waals surface area contributed by atoms with E-state index in [9.17, 15) is 0 Å². The molecule has 3 rings (SSSR count). The standard InChI is InChI=1S/C15H15Si/c1-16(2)15-10-9-13-12-6-4-3-5-11(12)7-8-14(13)15/h3-10,15H,1-2H3. The molecule has 0 amide bonds. The number of rotatable bonds is 1. The number of fused-ring (bicyclic) bond motifs is 3. The van der Waals surface area contributed by atoms with Gasteiger partial charge in [-0.1, -0.05) is 61.6 Å². The van der Waals surface area contributed by atoms with Gasteiger partial charge in [0.1, 0.15) is 0 Å². The molecule has 1 aliphatic carbocycles. The van der Waals surface area contributed by atoms with E-state index in [1.54, 1.807) is 0 Å². The van der Waals surface area contributed by atoms with Gasteiger partial charge in [-0.25, -0.2) is 0 Å². The third-order valence-corrected chi connectivity index (χ3v) is 5.16. The normalized spacial score (nSPS) is 18.3. The second-order valence-corrected chi connectivity index (χ2v) is 7.48. The molecule has 16 heavy (non-hydrogen) atoms. The predicted molar refractivity (Wildman–Crippen MR) is 73.2 cm³/mol. The lowest BCUT2D eigenvalue weighted by Gasteiger charge is -2.14. The number of hydrogen-bond acceptors (Lipinski definition) is 0. The molecule has 0 aliphatic heterocycles. The van der Waals surface area contributed by atoms with Gasteiger partial charge < -0.3 is 0 Å². The fourth-order valence-electron chi connectivity index (χ4n) is 2.57. The van der Waals surface area contributed by atoms with Gasteiger partial charge >= 0.3 is 0 Å². The molecule has 1 atom stereocenters. The molecule has 0 nitrogen and oxygen atoms in total. The molecule has 0 fully saturated rings. The maximum Gasteiger partial charge on any atom is 0.0548 e. The fraction of sp³-hybridized carbons (Fsp3) is 0.200. The SMILES string of the molecule is C[Si](C)C1C=Cc2c1ccc1ccccc21. The van der Waals surface area contributed by atoms with Gasteiger partial charge in [0.2, 0.25) is 0 Å². The van der Waals surface area contributed by atoms with Crippen molar-refractivity contribution < 1.29 is 0 Å². The van der Waals surface area contributed by atoms with E-state index >= 15 is 0 Å². The van der Waals surface area contributed by atoms with Crippen molar-refractivity contribution in [3.8, 4) is 0 Å². The monoisotopic (exact) mass is 223 g/mol. The first-order valence-corrected chi connectivity index (χ1v) is 8.35. The van der Waals surface area contributed by atoms with Crippen molar-refractivity contribution in [2.45, 2.75) is 18.6 Å². The molecule has 0 heterocycles. The zero-order chi connectivity index (χ0) is 11.1. The number of hydrogen-bond donors (Lipinski definition) is 0. The summed E-state index contributed by atoms with van der Waals surface area (Å²) in [5.74, 6) is 0. The third-order valence-electron chi connectivity index (χ3n) is 3.42. The second kappa shape index (κ2) is 3.60. The Labute approximate surface area is 98.2 Å². The van der Waals surface area contributed by atoms with E-state index in [4.69, 9.17) is 0 Å². The van der Waals surface area contributed by atoms with Gasteiger partial charge in [-0.15, -0.1) is 0 Å². The van der Waals surface area contributed by atoms with Crippen molar-refractivity contribution in [1.82, 2.24) is 0 Å². The van der Waals surface area contributed by atoms with Crippen LogP contribution in [0.2, 0.25) is 13.1 Å². The van der Waals surface area contributed by atoms with Crippen molar-refractivity contribution in [2.24, 2.45) is 0 Å². The van der Waals surface area contributed by atoms with Crippen LogP contribution in [0.3, 0.4) is 0 Å². The molecule has 0 aromatic heterocycles. The van der Waals surface area contributed by atoms with Gasteiger partial charge in [0.15, 0.2) is 0 Å². The molecule has 2 aromatic carbocycles. The van der Waals surface area contributed by atoms with Crippen LogP contribution in [0.5, 0.6) is 0 Å². The van der Waals surface area contributed by atoms with Crippen LogP contribution in [-0.2, 0) is 0 Å². The summed E-state index contributed by atoms with van der Waals surface area (Å²) in [7, 11) is -0.279. The van der Waals surface area contributed by atoms with Crippen LogP contribution in [0.15, 0.2) is 42.5 Å². The second-order valence-electron chi connectivity index (χ2n) is 4.70. The van der Waals surface area contributed by atoms with Crippen LogP contribution < -0.4 is 0 Å².